The monoisotopic (exact) mass is 818 g/mol. The zero-order chi connectivity index (χ0) is 42.1. The molecule has 4 amide bonds. The van der Waals surface area contributed by atoms with Gasteiger partial charge in [-0.25, -0.2) is 14.4 Å². The Morgan fingerprint density at radius 3 is 2.29 bits per heavy atom. The number of oxazole rings is 1. The molecule has 2 aromatic carbocycles. The fourth-order valence-electron chi connectivity index (χ4n) is 8.71. The Bertz CT molecular complexity index is 1960. The number of methoxy groups -OCH3 is 1. The number of ether oxygens (including phenoxy) is 2. The number of anilines is 1. The van der Waals surface area contributed by atoms with Gasteiger partial charge in [0.05, 0.1) is 19.2 Å². The average Bonchev–Trinajstić information content (AvgIpc) is 3.53. The van der Waals surface area contributed by atoms with E-state index in [-0.39, 0.29) is 36.0 Å². The second kappa shape index (κ2) is 20.4. The average molecular weight is 819 g/mol. The first-order chi connectivity index (χ1) is 28.4. The summed E-state index contributed by atoms with van der Waals surface area (Å²) in [6.45, 7) is 12.5. The summed E-state index contributed by atoms with van der Waals surface area (Å²) in [5.74, 6) is -0.569. The highest BCUT2D eigenvalue weighted by molar-refractivity contribution is 5.91. The van der Waals surface area contributed by atoms with Gasteiger partial charge < -0.3 is 38.8 Å². The standard InChI is InChI=1S/C27H41N5O5.C16H21N3O3/c1-19-15-21(17-23-25(19)28-27(35)37-23)16-20(2)26(34)32-11-9-31(10-12-32)22-5-7-30(8-6-22)18-24(33)36-14-13-29(3)4;1-22-16(21)18-9-7-13(8-10-18)19-11-6-12-4-2-3-5-14(12)17-15(19)20/h15,17,20,22H,5-14,16,18H2,1-4H3,(H,28,35);2-5,13H,6-11H2,1H3,(H,17,20)/t20-;/m1./s1. The van der Waals surface area contributed by atoms with Gasteiger partial charge in [0.25, 0.3) is 0 Å². The molecule has 16 nitrogen and oxygen atoms in total. The van der Waals surface area contributed by atoms with Crippen LogP contribution in [0.25, 0.3) is 11.1 Å². The normalized spacial score (nSPS) is 19.1. The number of para-hydroxylation sites is 1. The van der Waals surface area contributed by atoms with E-state index in [9.17, 15) is 24.0 Å². The molecule has 0 bridgehead atoms. The Morgan fingerprint density at radius 2 is 1.59 bits per heavy atom. The van der Waals surface area contributed by atoms with Gasteiger partial charge in [-0.2, -0.15) is 0 Å². The number of aromatic nitrogens is 1. The molecule has 4 aliphatic heterocycles. The molecular formula is C43H62N8O8. The fraction of sp³-hybridized carbons (Fsp3) is 0.605. The molecule has 16 heteroatoms. The van der Waals surface area contributed by atoms with E-state index in [1.54, 1.807) is 4.90 Å². The van der Waals surface area contributed by atoms with Crippen molar-refractivity contribution in [2.45, 2.75) is 64.5 Å². The third-order valence-electron chi connectivity index (χ3n) is 12.1. The molecule has 5 heterocycles. The van der Waals surface area contributed by atoms with Crippen LogP contribution in [0, 0.1) is 12.8 Å². The van der Waals surface area contributed by atoms with E-state index < -0.39 is 5.76 Å². The number of amides is 4. The molecule has 7 rings (SSSR count). The molecule has 1 aromatic heterocycles. The minimum absolute atomic E-state index is 0.0403. The van der Waals surface area contributed by atoms with E-state index in [1.165, 1.54) is 12.7 Å². The number of aryl methyl sites for hydroxylation is 1. The van der Waals surface area contributed by atoms with E-state index in [2.05, 4.69) is 26.2 Å². The van der Waals surface area contributed by atoms with Crippen molar-refractivity contribution in [3.63, 3.8) is 0 Å². The van der Waals surface area contributed by atoms with Crippen molar-refractivity contribution in [3.05, 3.63) is 63.6 Å². The highest BCUT2D eigenvalue weighted by Gasteiger charge is 2.33. The number of rotatable bonds is 10. The van der Waals surface area contributed by atoms with Gasteiger partial charge in [0, 0.05) is 89.1 Å². The van der Waals surface area contributed by atoms with Crippen LogP contribution in [-0.4, -0.2) is 170 Å². The predicted molar refractivity (Wildman–Crippen MR) is 224 cm³/mol. The first-order valence-corrected chi connectivity index (χ1v) is 21.0. The Kier molecular flexibility index (Phi) is 15.1. The van der Waals surface area contributed by atoms with Crippen molar-refractivity contribution in [3.8, 4) is 0 Å². The number of carbonyl (C=O) groups is 4. The second-order valence-electron chi connectivity index (χ2n) is 16.5. The number of carbonyl (C=O) groups excluding carboxylic acids is 4. The van der Waals surface area contributed by atoms with Gasteiger partial charge in [0.1, 0.15) is 6.61 Å². The van der Waals surface area contributed by atoms with Crippen molar-refractivity contribution in [1.82, 2.24) is 34.4 Å². The van der Waals surface area contributed by atoms with Crippen molar-refractivity contribution in [2.75, 3.05) is 105 Å². The Balaban J connectivity index is 0.000000226. The highest BCUT2D eigenvalue weighted by Crippen LogP contribution is 2.26. The minimum Gasteiger partial charge on any atom is -0.463 e. The van der Waals surface area contributed by atoms with Gasteiger partial charge in [-0.3, -0.25) is 24.4 Å². The van der Waals surface area contributed by atoms with Crippen LogP contribution in [0.2, 0.25) is 0 Å². The van der Waals surface area contributed by atoms with Gasteiger partial charge in [-0.15, -0.1) is 0 Å². The van der Waals surface area contributed by atoms with Crippen LogP contribution < -0.4 is 11.1 Å². The predicted octanol–water partition coefficient (Wildman–Crippen LogP) is 3.63. The number of nitrogens with one attached hydrogen (secondary N) is 2. The van der Waals surface area contributed by atoms with Crippen molar-refractivity contribution in [1.29, 1.82) is 0 Å². The maximum Gasteiger partial charge on any atom is 0.417 e. The van der Waals surface area contributed by atoms with Crippen LogP contribution in [0.3, 0.4) is 0 Å². The number of H-pyrrole nitrogens is 1. The van der Waals surface area contributed by atoms with Crippen molar-refractivity contribution in [2.24, 2.45) is 5.92 Å². The van der Waals surface area contributed by atoms with Crippen LogP contribution >= 0.6 is 0 Å². The zero-order valence-electron chi connectivity index (χ0n) is 35.4. The lowest BCUT2D eigenvalue weighted by Gasteiger charge is -2.43. The molecule has 59 heavy (non-hydrogen) atoms. The number of piperidine rings is 2. The number of esters is 1. The summed E-state index contributed by atoms with van der Waals surface area (Å²) >= 11 is 0. The topological polar surface area (TPSA) is 164 Å². The summed E-state index contributed by atoms with van der Waals surface area (Å²) in [6, 6.07) is 12.4. The number of nitrogens with zero attached hydrogens (tertiary/aromatic N) is 6. The Hall–Kier alpha value is -4.93. The third kappa shape index (κ3) is 11.6. The summed E-state index contributed by atoms with van der Waals surface area (Å²) in [7, 11) is 5.32. The molecule has 3 aromatic rings. The number of urea groups is 1. The number of aromatic amines is 1. The first kappa shape index (κ1) is 43.6. The Morgan fingerprint density at radius 1 is 0.898 bits per heavy atom. The molecule has 3 fully saturated rings. The van der Waals surface area contributed by atoms with Gasteiger partial charge in [-0.1, -0.05) is 31.2 Å². The van der Waals surface area contributed by atoms with E-state index in [0.717, 1.165) is 100 Å². The quantitative estimate of drug-likeness (QED) is 0.287. The minimum atomic E-state index is -0.457. The summed E-state index contributed by atoms with van der Waals surface area (Å²) in [4.78, 5) is 75.8. The molecule has 4 aliphatic rings. The summed E-state index contributed by atoms with van der Waals surface area (Å²) in [5.41, 5.74) is 5.28. The maximum absolute atomic E-state index is 13.2. The number of benzene rings is 2. The second-order valence-corrected chi connectivity index (χ2v) is 16.5. The summed E-state index contributed by atoms with van der Waals surface area (Å²) in [5, 5.41) is 3.00. The van der Waals surface area contributed by atoms with Gasteiger partial charge in [0.2, 0.25) is 5.91 Å². The van der Waals surface area contributed by atoms with E-state index in [4.69, 9.17) is 13.9 Å². The molecule has 322 valence electrons. The van der Waals surface area contributed by atoms with Crippen molar-refractivity contribution < 1.29 is 33.1 Å². The van der Waals surface area contributed by atoms with Crippen LogP contribution in [0.4, 0.5) is 15.3 Å². The van der Waals surface area contributed by atoms with Crippen LogP contribution in [-0.2, 0) is 31.9 Å². The Labute approximate surface area is 346 Å². The van der Waals surface area contributed by atoms with E-state index in [0.29, 0.717) is 50.8 Å². The first-order valence-electron chi connectivity index (χ1n) is 21.0. The van der Waals surface area contributed by atoms with Gasteiger partial charge >= 0.3 is 23.8 Å². The van der Waals surface area contributed by atoms with Crippen LogP contribution in [0.15, 0.2) is 45.6 Å². The van der Waals surface area contributed by atoms with E-state index >= 15 is 0 Å². The third-order valence-corrected chi connectivity index (χ3v) is 12.1. The number of fused-ring (bicyclic) bond motifs is 2. The molecule has 0 unspecified atom stereocenters. The van der Waals surface area contributed by atoms with Gasteiger partial charge in [-0.05, 0) is 88.4 Å². The van der Waals surface area contributed by atoms with Gasteiger partial charge in [0.15, 0.2) is 5.58 Å². The zero-order valence-corrected chi connectivity index (χ0v) is 35.4. The number of piperazine rings is 1. The van der Waals surface area contributed by atoms with Crippen LogP contribution in [0.1, 0.15) is 49.3 Å². The lowest BCUT2D eigenvalue weighted by Crippen LogP contribution is -2.55. The SMILES string of the molecule is COC(=O)N1CCC(N2CCc3ccccc3NC2=O)CC1.Cc1cc(C[C@@H](C)C(=O)N2CCN(C3CCN(CC(=O)OCCN(C)C)CC3)CC2)cc2oc(=O)[nH]c12. The summed E-state index contributed by atoms with van der Waals surface area (Å²) < 4.78 is 15.3. The maximum atomic E-state index is 13.2. The molecule has 0 aliphatic carbocycles. The fourth-order valence-corrected chi connectivity index (χ4v) is 8.71. The largest absolute Gasteiger partial charge is 0.463 e. The molecule has 2 N–H and O–H groups in total. The van der Waals surface area contributed by atoms with Crippen molar-refractivity contribution >= 4 is 40.8 Å². The number of hydrogen-bond donors (Lipinski definition) is 2. The molecule has 0 radical (unpaired) electrons. The number of likely N-dealkylation sites (tertiary alicyclic amines) is 2. The number of hydrogen-bond acceptors (Lipinski definition) is 11. The smallest absolute Gasteiger partial charge is 0.417 e. The highest BCUT2D eigenvalue weighted by atomic mass is 16.5. The molecule has 3 saturated heterocycles. The molecular weight excluding hydrogens is 757 g/mol. The number of likely N-dealkylation sites (N-methyl/N-ethyl adjacent to an activating group) is 1. The summed E-state index contributed by atoms with van der Waals surface area (Å²) in [6.07, 6.45) is 4.83. The van der Waals surface area contributed by atoms with Crippen LogP contribution in [0.5, 0.6) is 0 Å². The van der Waals surface area contributed by atoms with E-state index in [1.807, 2.05) is 73.0 Å². The lowest BCUT2D eigenvalue weighted by atomic mass is 9.97. The molecule has 0 saturated carbocycles. The lowest BCUT2D eigenvalue weighted by molar-refractivity contribution is -0.145. The molecule has 1 atom stereocenters. The molecule has 0 spiro atoms.